The maximum absolute atomic E-state index is 5.66. The lowest BCUT2D eigenvalue weighted by molar-refractivity contribution is -0.327. The fraction of sp³-hybridized carbons (Fsp3) is 0.875. The van der Waals surface area contributed by atoms with Crippen LogP contribution >= 0.6 is 11.6 Å². The average molecular weight is 224 g/mol. The number of oxime groups is 1. The smallest absolute Gasteiger partial charge is 0.243 e. The molecule has 0 spiro atoms. The van der Waals surface area contributed by atoms with E-state index in [0.29, 0.717) is 5.71 Å². The normalized spacial score (nSPS) is 38.8. The van der Waals surface area contributed by atoms with Crippen LogP contribution in [0.25, 0.3) is 0 Å². The Morgan fingerprint density at radius 3 is 2.50 bits per heavy atom. The molecule has 1 aliphatic rings. The molecule has 1 heterocycles. The highest BCUT2D eigenvalue weighted by atomic mass is 35.5. The lowest BCUT2D eigenvalue weighted by Crippen LogP contribution is -2.39. The van der Waals surface area contributed by atoms with Gasteiger partial charge in [0.15, 0.2) is 0 Å². The van der Waals surface area contributed by atoms with Crippen molar-refractivity contribution >= 4 is 17.3 Å². The predicted molar refractivity (Wildman–Crippen MR) is 50.9 cm³/mol. The SMILES string of the molecule is CO/N=C(\C)C1(C)OOC(C)(CCl)O1. The van der Waals surface area contributed by atoms with Crippen molar-refractivity contribution in [3.8, 4) is 0 Å². The maximum atomic E-state index is 5.66. The van der Waals surface area contributed by atoms with Crippen molar-refractivity contribution in [1.29, 1.82) is 0 Å². The Morgan fingerprint density at radius 2 is 2.07 bits per heavy atom. The van der Waals surface area contributed by atoms with Gasteiger partial charge in [0.05, 0.1) is 5.88 Å². The standard InChI is InChI=1S/C8H14ClNO4/c1-6(10-11-4)8(3)12-7(2,5-9)13-14-8/h5H2,1-4H3/b10-6+. The van der Waals surface area contributed by atoms with Gasteiger partial charge in [-0.3, -0.25) is 0 Å². The molecular formula is C8H14ClNO4. The van der Waals surface area contributed by atoms with E-state index in [9.17, 15) is 0 Å². The number of halogens is 1. The van der Waals surface area contributed by atoms with Gasteiger partial charge < -0.3 is 9.57 Å². The van der Waals surface area contributed by atoms with E-state index in [1.54, 1.807) is 20.8 Å². The Hall–Kier alpha value is -0.360. The first-order valence-electron chi connectivity index (χ1n) is 4.17. The molecule has 1 saturated heterocycles. The first kappa shape index (κ1) is 11.7. The summed E-state index contributed by atoms with van der Waals surface area (Å²) >= 11 is 5.66. The molecule has 1 fully saturated rings. The third-order valence-corrected chi connectivity index (χ3v) is 2.40. The molecule has 0 aromatic heterocycles. The van der Waals surface area contributed by atoms with Crippen LogP contribution in [0.15, 0.2) is 5.16 Å². The molecule has 2 unspecified atom stereocenters. The molecule has 1 aliphatic heterocycles. The zero-order valence-electron chi connectivity index (χ0n) is 8.67. The van der Waals surface area contributed by atoms with E-state index in [-0.39, 0.29) is 5.88 Å². The van der Waals surface area contributed by atoms with Crippen molar-refractivity contribution in [1.82, 2.24) is 0 Å². The molecule has 0 amide bonds. The zero-order chi connectivity index (χ0) is 10.8. The number of hydrogen-bond acceptors (Lipinski definition) is 5. The van der Waals surface area contributed by atoms with Gasteiger partial charge in [0, 0.05) is 0 Å². The number of rotatable bonds is 3. The van der Waals surface area contributed by atoms with Gasteiger partial charge in [-0.1, -0.05) is 5.16 Å². The summed E-state index contributed by atoms with van der Waals surface area (Å²) in [6, 6.07) is 0. The van der Waals surface area contributed by atoms with Crippen LogP contribution in [0.4, 0.5) is 0 Å². The molecule has 6 heteroatoms. The largest absolute Gasteiger partial charge is 0.399 e. The van der Waals surface area contributed by atoms with Gasteiger partial charge in [-0.2, -0.15) is 9.78 Å². The molecule has 1 rings (SSSR count). The summed E-state index contributed by atoms with van der Waals surface area (Å²) in [5.41, 5.74) is 0.522. The van der Waals surface area contributed by atoms with Gasteiger partial charge in [0.1, 0.15) is 12.8 Å². The molecule has 5 nitrogen and oxygen atoms in total. The van der Waals surface area contributed by atoms with Crippen molar-refractivity contribution in [2.24, 2.45) is 5.16 Å². The van der Waals surface area contributed by atoms with E-state index in [0.717, 1.165) is 0 Å². The lowest BCUT2D eigenvalue weighted by atomic mass is 10.2. The van der Waals surface area contributed by atoms with E-state index in [4.69, 9.17) is 26.1 Å². The highest BCUT2D eigenvalue weighted by molar-refractivity contribution is 6.18. The second kappa shape index (κ2) is 4.02. The topological polar surface area (TPSA) is 49.3 Å². The number of alkyl halides is 1. The van der Waals surface area contributed by atoms with Crippen molar-refractivity contribution in [3.05, 3.63) is 0 Å². The third kappa shape index (κ3) is 2.17. The molecule has 0 bridgehead atoms. The molecular weight excluding hydrogens is 210 g/mol. The zero-order valence-corrected chi connectivity index (χ0v) is 9.42. The van der Waals surface area contributed by atoms with E-state index in [2.05, 4.69) is 9.99 Å². The Labute approximate surface area is 87.8 Å². The summed E-state index contributed by atoms with van der Waals surface area (Å²) in [7, 11) is 1.45. The van der Waals surface area contributed by atoms with Crippen LogP contribution in [0.5, 0.6) is 0 Å². The van der Waals surface area contributed by atoms with Gasteiger partial charge in [-0.25, -0.2) is 0 Å². The minimum absolute atomic E-state index is 0.169. The molecule has 82 valence electrons. The second-order valence-corrected chi connectivity index (χ2v) is 3.61. The average Bonchev–Trinajstić information content (AvgIpc) is 2.46. The van der Waals surface area contributed by atoms with Gasteiger partial charge in [0.2, 0.25) is 11.6 Å². The highest BCUT2D eigenvalue weighted by Gasteiger charge is 2.49. The van der Waals surface area contributed by atoms with Gasteiger partial charge >= 0.3 is 0 Å². The molecule has 0 aromatic carbocycles. The van der Waals surface area contributed by atoms with Crippen molar-refractivity contribution in [2.75, 3.05) is 13.0 Å². The van der Waals surface area contributed by atoms with Crippen molar-refractivity contribution in [3.63, 3.8) is 0 Å². The molecule has 0 N–H and O–H groups in total. The van der Waals surface area contributed by atoms with Crippen LogP contribution in [0.2, 0.25) is 0 Å². The summed E-state index contributed by atoms with van der Waals surface area (Å²) < 4.78 is 5.51. The number of ether oxygens (including phenoxy) is 1. The van der Waals surface area contributed by atoms with Crippen LogP contribution < -0.4 is 0 Å². The van der Waals surface area contributed by atoms with E-state index in [1.165, 1.54) is 7.11 Å². The van der Waals surface area contributed by atoms with Gasteiger partial charge in [-0.05, 0) is 20.8 Å². The van der Waals surface area contributed by atoms with Crippen molar-refractivity contribution in [2.45, 2.75) is 32.3 Å². The van der Waals surface area contributed by atoms with Gasteiger partial charge in [0.25, 0.3) is 0 Å². The summed E-state index contributed by atoms with van der Waals surface area (Å²) in [4.78, 5) is 14.6. The predicted octanol–water partition coefficient (Wildman–Crippen LogP) is 1.66. The van der Waals surface area contributed by atoms with E-state index in [1.807, 2.05) is 0 Å². The monoisotopic (exact) mass is 223 g/mol. The first-order valence-corrected chi connectivity index (χ1v) is 4.70. The third-order valence-electron chi connectivity index (χ3n) is 1.92. The number of nitrogens with zero attached hydrogens (tertiary/aromatic N) is 1. The molecule has 0 saturated carbocycles. The Balaban J connectivity index is 2.76. The van der Waals surface area contributed by atoms with E-state index < -0.39 is 11.6 Å². The Bertz CT molecular complexity index is 247. The summed E-state index contributed by atoms with van der Waals surface area (Å²) in [6.45, 7) is 5.08. The van der Waals surface area contributed by atoms with Crippen LogP contribution in [0.1, 0.15) is 20.8 Å². The molecule has 0 radical (unpaired) electrons. The van der Waals surface area contributed by atoms with Crippen molar-refractivity contribution < 1.29 is 19.3 Å². The molecule has 0 aromatic rings. The maximum Gasteiger partial charge on any atom is 0.243 e. The highest BCUT2D eigenvalue weighted by Crippen LogP contribution is 2.34. The second-order valence-electron chi connectivity index (χ2n) is 3.34. The minimum Gasteiger partial charge on any atom is -0.399 e. The summed E-state index contributed by atoms with van der Waals surface area (Å²) in [6.07, 6.45) is 0. The molecule has 0 aliphatic carbocycles. The summed E-state index contributed by atoms with van der Waals surface area (Å²) in [5.74, 6) is -1.82. The first-order chi connectivity index (χ1) is 6.46. The molecule has 14 heavy (non-hydrogen) atoms. The van der Waals surface area contributed by atoms with Crippen LogP contribution in [0.3, 0.4) is 0 Å². The van der Waals surface area contributed by atoms with Gasteiger partial charge in [-0.15, -0.1) is 11.6 Å². The summed E-state index contributed by atoms with van der Waals surface area (Å²) in [5, 5.41) is 3.72. The van der Waals surface area contributed by atoms with Crippen LogP contribution in [-0.4, -0.2) is 30.3 Å². The molecule has 2 atom stereocenters. The fourth-order valence-corrected chi connectivity index (χ4v) is 1.12. The Kier molecular flexibility index (Phi) is 3.36. The van der Waals surface area contributed by atoms with Crippen LogP contribution in [-0.2, 0) is 19.3 Å². The lowest BCUT2D eigenvalue weighted by Gasteiger charge is -2.21. The fourth-order valence-electron chi connectivity index (χ4n) is 1.02. The van der Waals surface area contributed by atoms with E-state index >= 15 is 0 Å². The quantitative estimate of drug-likeness (QED) is 0.316. The number of hydrogen-bond donors (Lipinski definition) is 0. The Morgan fingerprint density at radius 1 is 1.43 bits per heavy atom. The minimum atomic E-state index is -1.04. The van der Waals surface area contributed by atoms with Crippen LogP contribution in [0, 0.1) is 0 Å².